The van der Waals surface area contributed by atoms with Gasteiger partial charge in [0.15, 0.2) is 5.78 Å². The van der Waals surface area contributed by atoms with E-state index in [0.717, 1.165) is 35.2 Å². The lowest BCUT2D eigenvalue weighted by Crippen LogP contribution is -2.46. The van der Waals surface area contributed by atoms with Crippen LogP contribution in [0, 0.1) is 0 Å². The van der Waals surface area contributed by atoms with Crippen LogP contribution in [0.25, 0.3) is 11.1 Å². The van der Waals surface area contributed by atoms with Gasteiger partial charge in [-0.25, -0.2) is 0 Å². The monoisotopic (exact) mass is 450 g/mol. The van der Waals surface area contributed by atoms with E-state index >= 15 is 0 Å². The highest BCUT2D eigenvalue weighted by molar-refractivity contribution is 5.87. The van der Waals surface area contributed by atoms with Gasteiger partial charge in [0.2, 0.25) is 0 Å². The first-order chi connectivity index (χ1) is 16.6. The van der Waals surface area contributed by atoms with Crippen LogP contribution in [0.3, 0.4) is 0 Å². The van der Waals surface area contributed by atoms with Gasteiger partial charge in [-0.2, -0.15) is 0 Å². The van der Waals surface area contributed by atoms with Gasteiger partial charge in [-0.15, -0.1) is 0 Å². The topological polar surface area (TPSA) is 87.7 Å². The lowest BCUT2D eigenvalue weighted by molar-refractivity contribution is -0.120. The van der Waals surface area contributed by atoms with E-state index in [1.165, 1.54) is 0 Å². The number of nitrogens with one attached hydrogen (secondary N) is 2. The first-order valence-electron chi connectivity index (χ1n) is 11.5. The van der Waals surface area contributed by atoms with Gasteiger partial charge in [0.1, 0.15) is 0 Å². The van der Waals surface area contributed by atoms with Crippen LogP contribution >= 0.6 is 0 Å². The van der Waals surface area contributed by atoms with Crippen molar-refractivity contribution in [2.45, 2.75) is 37.3 Å². The van der Waals surface area contributed by atoms with Crippen LogP contribution in [-0.4, -0.2) is 26.8 Å². The lowest BCUT2D eigenvalue weighted by atomic mass is 9.95. The molecule has 0 unspecified atom stereocenters. The van der Waals surface area contributed by atoms with Crippen molar-refractivity contribution in [1.29, 1.82) is 0 Å². The number of carbonyl (C=O) groups is 1. The Hall–Kier alpha value is -3.90. The van der Waals surface area contributed by atoms with Gasteiger partial charge in [0, 0.05) is 36.8 Å². The number of aromatic nitrogens is 3. The fourth-order valence-electron chi connectivity index (χ4n) is 4.36. The van der Waals surface area contributed by atoms with E-state index in [0.29, 0.717) is 12.0 Å². The van der Waals surface area contributed by atoms with Crippen molar-refractivity contribution in [2.75, 3.05) is 0 Å². The summed E-state index contributed by atoms with van der Waals surface area (Å²) in [5.74, 6) is -0.0107. The second kappa shape index (κ2) is 9.53. The molecule has 6 nitrogen and oxygen atoms in total. The molecule has 34 heavy (non-hydrogen) atoms. The SMILES string of the molecule is O=C(Cc1cc(-c2ccncc2)c[nH]c1=O)[C@H](Cc1ccccc1)NC1(c2ccccn2)CC1. The van der Waals surface area contributed by atoms with Gasteiger partial charge in [0.25, 0.3) is 5.56 Å². The molecule has 2 N–H and O–H groups in total. The van der Waals surface area contributed by atoms with E-state index < -0.39 is 6.04 Å². The molecule has 0 saturated heterocycles. The van der Waals surface area contributed by atoms with Crippen LogP contribution in [0.2, 0.25) is 0 Å². The first-order valence-corrected chi connectivity index (χ1v) is 11.5. The van der Waals surface area contributed by atoms with Crippen molar-refractivity contribution >= 4 is 5.78 Å². The van der Waals surface area contributed by atoms with Crippen LogP contribution in [0.4, 0.5) is 0 Å². The normalized spacial score (nSPS) is 14.9. The van der Waals surface area contributed by atoms with Crippen molar-refractivity contribution in [2.24, 2.45) is 0 Å². The number of H-pyrrole nitrogens is 1. The summed E-state index contributed by atoms with van der Waals surface area (Å²) >= 11 is 0. The number of pyridine rings is 3. The smallest absolute Gasteiger partial charge is 0.251 e. The highest BCUT2D eigenvalue weighted by Gasteiger charge is 2.47. The van der Waals surface area contributed by atoms with Crippen LogP contribution in [0.5, 0.6) is 0 Å². The molecule has 3 aromatic heterocycles. The van der Waals surface area contributed by atoms with Crippen molar-refractivity contribution in [1.82, 2.24) is 20.3 Å². The van der Waals surface area contributed by atoms with Crippen molar-refractivity contribution in [3.8, 4) is 11.1 Å². The molecule has 0 radical (unpaired) electrons. The first kappa shape index (κ1) is 21.9. The third-order valence-corrected chi connectivity index (χ3v) is 6.39. The molecular weight excluding hydrogens is 424 g/mol. The van der Waals surface area contributed by atoms with Crippen molar-refractivity contribution < 1.29 is 4.79 Å². The van der Waals surface area contributed by atoms with E-state index in [4.69, 9.17) is 0 Å². The quantitative estimate of drug-likeness (QED) is 0.405. The molecule has 1 aliphatic rings. The number of ketones is 1. The number of nitrogens with zero attached hydrogens (tertiary/aromatic N) is 2. The minimum Gasteiger partial charge on any atom is -0.328 e. The second-order valence-corrected chi connectivity index (χ2v) is 8.81. The summed E-state index contributed by atoms with van der Waals surface area (Å²) in [5.41, 5.74) is 3.75. The van der Waals surface area contributed by atoms with Gasteiger partial charge < -0.3 is 4.98 Å². The average Bonchev–Trinajstić information content (AvgIpc) is 3.67. The summed E-state index contributed by atoms with van der Waals surface area (Å²) in [4.78, 5) is 37.6. The Kier molecular flexibility index (Phi) is 6.14. The predicted molar refractivity (Wildman–Crippen MR) is 131 cm³/mol. The maximum Gasteiger partial charge on any atom is 0.251 e. The number of hydrogen-bond donors (Lipinski definition) is 2. The Morgan fingerprint density at radius 1 is 0.971 bits per heavy atom. The van der Waals surface area contributed by atoms with E-state index in [1.54, 1.807) is 30.9 Å². The summed E-state index contributed by atoms with van der Waals surface area (Å²) in [6.07, 6.45) is 9.34. The lowest BCUT2D eigenvalue weighted by Gasteiger charge is -2.25. The molecule has 6 heteroatoms. The summed E-state index contributed by atoms with van der Waals surface area (Å²) in [5, 5.41) is 3.62. The van der Waals surface area contributed by atoms with Crippen LogP contribution in [0.1, 0.15) is 29.7 Å². The Balaban J connectivity index is 1.41. The molecule has 1 aliphatic carbocycles. The van der Waals surface area contributed by atoms with E-state index in [1.807, 2.05) is 60.7 Å². The summed E-state index contributed by atoms with van der Waals surface area (Å²) in [6, 6.07) is 21.0. The largest absolute Gasteiger partial charge is 0.328 e. The zero-order valence-electron chi connectivity index (χ0n) is 18.8. The summed E-state index contributed by atoms with van der Waals surface area (Å²) < 4.78 is 0. The third-order valence-electron chi connectivity index (χ3n) is 6.39. The minimum absolute atomic E-state index is 0.0107. The number of rotatable bonds is 9. The molecule has 5 rings (SSSR count). The Bertz CT molecular complexity index is 1320. The number of carbonyl (C=O) groups excluding carboxylic acids is 1. The highest BCUT2D eigenvalue weighted by Crippen LogP contribution is 2.45. The average molecular weight is 451 g/mol. The van der Waals surface area contributed by atoms with Gasteiger partial charge in [-0.3, -0.25) is 24.9 Å². The van der Waals surface area contributed by atoms with Crippen LogP contribution in [-0.2, 0) is 23.2 Å². The number of hydrogen-bond acceptors (Lipinski definition) is 5. The fraction of sp³-hybridized carbons (Fsp3) is 0.214. The highest BCUT2D eigenvalue weighted by atomic mass is 16.1. The molecular formula is C28H26N4O2. The zero-order chi connectivity index (χ0) is 23.4. The molecule has 1 fully saturated rings. The summed E-state index contributed by atoms with van der Waals surface area (Å²) in [6.45, 7) is 0. The molecule has 1 saturated carbocycles. The maximum atomic E-state index is 13.6. The van der Waals surface area contributed by atoms with Gasteiger partial charge in [0.05, 0.1) is 17.3 Å². The molecule has 0 amide bonds. The minimum atomic E-state index is -0.434. The van der Waals surface area contributed by atoms with Crippen molar-refractivity contribution in [3.63, 3.8) is 0 Å². The summed E-state index contributed by atoms with van der Waals surface area (Å²) in [7, 11) is 0. The predicted octanol–water partition coefficient (Wildman–Crippen LogP) is 3.83. The van der Waals surface area contributed by atoms with Crippen LogP contribution in [0.15, 0.2) is 96.3 Å². The third kappa shape index (κ3) is 4.87. The van der Waals surface area contributed by atoms with Crippen LogP contribution < -0.4 is 10.9 Å². The Morgan fingerprint density at radius 2 is 1.74 bits per heavy atom. The second-order valence-electron chi connectivity index (χ2n) is 8.81. The van der Waals surface area contributed by atoms with E-state index in [2.05, 4.69) is 20.3 Å². The number of benzene rings is 1. The van der Waals surface area contributed by atoms with Gasteiger partial charge in [-0.1, -0.05) is 36.4 Å². The molecule has 170 valence electrons. The molecule has 1 atom stereocenters. The van der Waals surface area contributed by atoms with Gasteiger partial charge >= 0.3 is 0 Å². The molecule has 4 aromatic rings. The molecule has 1 aromatic carbocycles. The number of Topliss-reactive ketones (excluding diaryl/α,β-unsaturated/α-hetero) is 1. The standard InChI is InChI=1S/C28H26N4O2/c33-25(18-22-17-23(19-31-27(22)34)21-9-14-29-15-10-21)24(16-20-6-2-1-3-7-20)32-28(11-12-28)26-8-4-5-13-30-26/h1-10,13-15,17,19,24,32H,11-12,16,18H2,(H,31,34)/t24-/m0/s1. The van der Waals surface area contributed by atoms with E-state index in [9.17, 15) is 9.59 Å². The molecule has 0 spiro atoms. The fourth-order valence-corrected chi connectivity index (χ4v) is 4.36. The Morgan fingerprint density at radius 3 is 2.44 bits per heavy atom. The molecule has 0 aliphatic heterocycles. The molecule has 0 bridgehead atoms. The maximum absolute atomic E-state index is 13.6. The zero-order valence-corrected chi connectivity index (χ0v) is 18.8. The number of aromatic amines is 1. The van der Waals surface area contributed by atoms with Gasteiger partial charge in [-0.05, 0) is 66.3 Å². The van der Waals surface area contributed by atoms with Crippen molar-refractivity contribution in [3.05, 3.63) is 119 Å². The van der Waals surface area contributed by atoms with E-state index in [-0.39, 0.29) is 23.3 Å². The molecule has 3 heterocycles. The Labute approximate surface area is 198 Å².